The smallest absolute Gasteiger partial charge is 0.325 e. The molecule has 5 nitrogen and oxygen atoms in total. The zero-order valence-corrected chi connectivity index (χ0v) is 18.1. The highest BCUT2D eigenvalue weighted by molar-refractivity contribution is 5.75. The Balaban J connectivity index is 1.82. The molecule has 0 saturated carbocycles. The quantitative estimate of drug-likeness (QED) is 0.577. The Hall–Kier alpha value is -3.38. The molecule has 0 bridgehead atoms. The third-order valence-electron chi connectivity index (χ3n) is 6.07. The van der Waals surface area contributed by atoms with Crippen LogP contribution in [0.2, 0.25) is 0 Å². The summed E-state index contributed by atoms with van der Waals surface area (Å²) in [7, 11) is 3.19. The van der Waals surface area contributed by atoms with Crippen LogP contribution in [0, 0.1) is 5.82 Å². The van der Waals surface area contributed by atoms with Crippen LogP contribution in [0.15, 0.2) is 66.7 Å². The van der Waals surface area contributed by atoms with Crippen molar-refractivity contribution in [2.75, 3.05) is 20.8 Å². The van der Waals surface area contributed by atoms with Gasteiger partial charge >= 0.3 is 5.97 Å². The molecule has 4 rings (SSSR count). The van der Waals surface area contributed by atoms with Gasteiger partial charge in [-0.25, -0.2) is 4.39 Å². The second kappa shape index (κ2) is 9.40. The molecule has 166 valence electrons. The molecule has 3 aromatic rings. The molecule has 0 aromatic heterocycles. The number of aliphatic carboxylic acids is 1. The van der Waals surface area contributed by atoms with E-state index in [9.17, 15) is 14.3 Å². The normalized spacial score (nSPS) is 16.8. The first kappa shape index (κ1) is 21.8. The monoisotopic (exact) mass is 435 g/mol. The molecule has 1 heterocycles. The third-order valence-corrected chi connectivity index (χ3v) is 6.07. The van der Waals surface area contributed by atoms with E-state index < -0.39 is 12.0 Å². The summed E-state index contributed by atoms with van der Waals surface area (Å²) < 4.78 is 24.5. The number of ether oxygens (including phenoxy) is 2. The Labute approximate surface area is 187 Å². The molecule has 0 amide bonds. The Morgan fingerprint density at radius 3 is 2.34 bits per heavy atom. The summed E-state index contributed by atoms with van der Waals surface area (Å²) >= 11 is 0. The number of halogens is 1. The Morgan fingerprint density at radius 2 is 1.72 bits per heavy atom. The molecule has 1 aliphatic rings. The lowest BCUT2D eigenvalue weighted by molar-refractivity contribution is -0.145. The Morgan fingerprint density at radius 1 is 1.06 bits per heavy atom. The average molecular weight is 435 g/mol. The van der Waals surface area contributed by atoms with Crippen LogP contribution < -0.4 is 9.47 Å². The van der Waals surface area contributed by atoms with Crippen molar-refractivity contribution >= 4 is 5.97 Å². The lowest BCUT2D eigenvalue weighted by Crippen LogP contribution is -2.42. The highest BCUT2D eigenvalue weighted by Crippen LogP contribution is 2.42. The lowest BCUT2D eigenvalue weighted by Gasteiger charge is -2.41. The molecular weight excluding hydrogens is 409 g/mol. The molecule has 2 unspecified atom stereocenters. The third kappa shape index (κ3) is 4.32. The van der Waals surface area contributed by atoms with Crippen LogP contribution in [0.25, 0.3) is 0 Å². The number of rotatable bonds is 7. The largest absolute Gasteiger partial charge is 0.493 e. The van der Waals surface area contributed by atoms with Crippen LogP contribution in [0.5, 0.6) is 11.5 Å². The van der Waals surface area contributed by atoms with Crippen molar-refractivity contribution in [1.82, 2.24) is 4.90 Å². The number of methoxy groups -OCH3 is 2. The maximum absolute atomic E-state index is 13.5. The Kier molecular flexibility index (Phi) is 6.42. The topological polar surface area (TPSA) is 59.0 Å². The van der Waals surface area contributed by atoms with Gasteiger partial charge in [0.1, 0.15) is 11.9 Å². The minimum atomic E-state index is -0.899. The molecule has 1 N–H and O–H groups in total. The minimum absolute atomic E-state index is 0.231. The van der Waals surface area contributed by atoms with Gasteiger partial charge in [-0.05, 0) is 59.4 Å². The fourth-order valence-electron chi connectivity index (χ4n) is 4.54. The number of carbonyl (C=O) groups is 1. The van der Waals surface area contributed by atoms with Crippen LogP contribution in [0.1, 0.15) is 34.3 Å². The van der Waals surface area contributed by atoms with E-state index in [-0.39, 0.29) is 11.9 Å². The zero-order valence-electron chi connectivity index (χ0n) is 18.1. The van der Waals surface area contributed by atoms with E-state index in [0.717, 1.165) is 22.3 Å². The van der Waals surface area contributed by atoms with Crippen molar-refractivity contribution in [3.63, 3.8) is 0 Å². The van der Waals surface area contributed by atoms with E-state index >= 15 is 0 Å². The van der Waals surface area contributed by atoms with E-state index in [0.29, 0.717) is 30.9 Å². The first-order valence-corrected chi connectivity index (χ1v) is 10.5. The summed E-state index contributed by atoms with van der Waals surface area (Å²) in [6, 6.07) is 18.5. The molecule has 0 radical (unpaired) electrons. The predicted octanol–water partition coefficient (Wildman–Crippen LogP) is 4.81. The van der Waals surface area contributed by atoms with Gasteiger partial charge in [0.15, 0.2) is 11.5 Å². The first-order valence-electron chi connectivity index (χ1n) is 10.5. The molecule has 0 saturated heterocycles. The Bertz CT molecular complexity index is 1080. The number of carboxylic acid groups (broad SMARTS) is 1. The van der Waals surface area contributed by atoms with E-state index in [1.807, 2.05) is 47.4 Å². The van der Waals surface area contributed by atoms with E-state index in [4.69, 9.17) is 9.47 Å². The summed E-state index contributed by atoms with van der Waals surface area (Å²) in [6.45, 7) is 0.570. The van der Waals surface area contributed by atoms with Crippen LogP contribution in [-0.2, 0) is 17.6 Å². The van der Waals surface area contributed by atoms with Crippen molar-refractivity contribution in [1.29, 1.82) is 0 Å². The van der Waals surface area contributed by atoms with Gasteiger partial charge in [0.2, 0.25) is 0 Å². The van der Waals surface area contributed by atoms with Gasteiger partial charge in [0, 0.05) is 12.6 Å². The maximum atomic E-state index is 13.5. The van der Waals surface area contributed by atoms with Gasteiger partial charge in [-0.3, -0.25) is 9.69 Å². The number of fused-ring (bicyclic) bond motifs is 1. The van der Waals surface area contributed by atoms with Crippen molar-refractivity contribution in [2.45, 2.75) is 24.9 Å². The number of hydrogen-bond donors (Lipinski definition) is 1. The number of benzene rings is 3. The van der Waals surface area contributed by atoms with Crippen LogP contribution in [0.4, 0.5) is 4.39 Å². The number of carboxylic acids is 1. The van der Waals surface area contributed by atoms with Crippen molar-refractivity contribution in [3.05, 3.63) is 94.8 Å². The highest BCUT2D eigenvalue weighted by atomic mass is 19.1. The fourth-order valence-corrected chi connectivity index (χ4v) is 4.54. The van der Waals surface area contributed by atoms with Gasteiger partial charge in [-0.2, -0.15) is 0 Å². The molecule has 0 aliphatic carbocycles. The fraction of sp³-hybridized carbons (Fsp3) is 0.269. The maximum Gasteiger partial charge on any atom is 0.325 e. The zero-order chi connectivity index (χ0) is 22.7. The summed E-state index contributed by atoms with van der Waals surface area (Å²) in [5.74, 6) is 0.0554. The highest BCUT2D eigenvalue weighted by Gasteiger charge is 2.37. The second-order valence-electron chi connectivity index (χ2n) is 7.89. The predicted molar refractivity (Wildman–Crippen MR) is 120 cm³/mol. The van der Waals surface area contributed by atoms with E-state index in [2.05, 4.69) is 0 Å². The average Bonchev–Trinajstić information content (AvgIpc) is 2.81. The molecular formula is C26H26FNO4. The van der Waals surface area contributed by atoms with Crippen LogP contribution in [0.3, 0.4) is 0 Å². The van der Waals surface area contributed by atoms with E-state index in [1.165, 1.54) is 12.1 Å². The van der Waals surface area contributed by atoms with Gasteiger partial charge < -0.3 is 14.6 Å². The summed E-state index contributed by atoms with van der Waals surface area (Å²) in [5, 5.41) is 10.2. The van der Waals surface area contributed by atoms with Gasteiger partial charge in [-0.1, -0.05) is 42.5 Å². The summed E-state index contributed by atoms with van der Waals surface area (Å²) in [6.07, 6.45) is 1.23. The number of nitrogens with zero attached hydrogens (tertiary/aromatic N) is 1. The van der Waals surface area contributed by atoms with Crippen LogP contribution >= 0.6 is 0 Å². The molecule has 6 heteroatoms. The van der Waals surface area contributed by atoms with Crippen molar-refractivity contribution < 1.29 is 23.8 Å². The molecule has 0 fully saturated rings. The summed E-state index contributed by atoms with van der Waals surface area (Å²) in [5.41, 5.74) is 3.76. The standard InChI is InChI=1S/C26H26FNO4/c1-31-23-15-19-12-13-28(25(26(29)30)18-6-4-3-5-7-18)22(21(19)16-24(23)32-2)14-17-8-10-20(27)11-9-17/h3-11,15-16,22,25H,12-14H2,1-2H3,(H,29,30). The van der Waals surface area contributed by atoms with Crippen molar-refractivity contribution in [3.8, 4) is 11.5 Å². The van der Waals surface area contributed by atoms with Gasteiger partial charge in [0.05, 0.1) is 14.2 Å². The van der Waals surface area contributed by atoms with Gasteiger partial charge in [0.25, 0.3) is 0 Å². The molecule has 3 aromatic carbocycles. The van der Waals surface area contributed by atoms with Crippen LogP contribution in [-0.4, -0.2) is 36.7 Å². The minimum Gasteiger partial charge on any atom is -0.493 e. The molecule has 1 aliphatic heterocycles. The van der Waals surface area contributed by atoms with E-state index in [1.54, 1.807) is 26.4 Å². The first-order chi connectivity index (χ1) is 15.5. The number of hydrogen-bond acceptors (Lipinski definition) is 4. The molecule has 0 spiro atoms. The van der Waals surface area contributed by atoms with Crippen molar-refractivity contribution in [2.24, 2.45) is 0 Å². The molecule has 32 heavy (non-hydrogen) atoms. The second-order valence-corrected chi connectivity index (χ2v) is 7.89. The summed E-state index contributed by atoms with van der Waals surface area (Å²) in [4.78, 5) is 14.5. The molecule has 2 atom stereocenters. The SMILES string of the molecule is COc1cc2c(cc1OC)C(Cc1ccc(F)cc1)N(C(C(=O)O)c1ccccc1)CC2. The van der Waals surface area contributed by atoms with Gasteiger partial charge in [-0.15, -0.1) is 0 Å². The lowest BCUT2D eigenvalue weighted by atomic mass is 9.86.